The van der Waals surface area contributed by atoms with Gasteiger partial charge in [-0.2, -0.15) is 11.0 Å². The molecule has 3 rings (SSSR count). The van der Waals surface area contributed by atoms with Crippen molar-refractivity contribution in [2.45, 2.75) is 37.1 Å². The van der Waals surface area contributed by atoms with Crippen LogP contribution in [0.1, 0.15) is 25.7 Å². The van der Waals surface area contributed by atoms with E-state index >= 15 is 0 Å². The second-order valence-corrected chi connectivity index (χ2v) is 4.76. The van der Waals surface area contributed by atoms with Gasteiger partial charge < -0.3 is 10.6 Å². The van der Waals surface area contributed by atoms with E-state index in [4.69, 9.17) is 9.68 Å². The Bertz CT molecular complexity index is 338. The molecule has 3 saturated heterocycles. The number of amides is 2. The highest BCUT2D eigenvalue weighted by molar-refractivity contribution is 6.00. The summed E-state index contributed by atoms with van der Waals surface area (Å²) < 4.78 is 0. The van der Waals surface area contributed by atoms with Crippen LogP contribution in [0.3, 0.4) is 0 Å². The van der Waals surface area contributed by atoms with Crippen LogP contribution in [-0.4, -0.2) is 36.4 Å². The molecular weight excluding hydrogens is 240 g/mol. The molecule has 0 radical (unpaired) electrons. The van der Waals surface area contributed by atoms with Crippen molar-refractivity contribution >= 4 is 11.8 Å². The number of nitrogens with one attached hydrogen (secondary N) is 4. The van der Waals surface area contributed by atoms with E-state index in [0.717, 1.165) is 12.8 Å². The standard InChI is InChI=1S/C10H16N4O4/c15-7-9(3-1-5-11-17-9)13-8(16)10(14-7)4-2-6-12-18-10/h11-12H,1-6H2,(H,13,16)(H,14,15)/t9-,10-/m1/s1. The topological polar surface area (TPSA) is 101 Å². The average molecular weight is 256 g/mol. The Morgan fingerprint density at radius 1 is 0.833 bits per heavy atom. The molecule has 2 spiro atoms. The molecule has 0 aromatic rings. The SMILES string of the molecule is O=C1N[C@@]2(CCCNO2)C(=O)N[C@@]12CCCNO2. The molecule has 3 fully saturated rings. The van der Waals surface area contributed by atoms with E-state index < -0.39 is 11.4 Å². The summed E-state index contributed by atoms with van der Waals surface area (Å²) in [5.41, 5.74) is 2.70. The molecule has 0 aliphatic carbocycles. The molecule has 18 heavy (non-hydrogen) atoms. The average Bonchev–Trinajstić information content (AvgIpc) is 2.39. The van der Waals surface area contributed by atoms with Crippen LogP contribution in [0.15, 0.2) is 0 Å². The maximum absolute atomic E-state index is 12.2. The molecular formula is C10H16N4O4. The molecule has 0 saturated carbocycles. The fraction of sp³-hybridized carbons (Fsp3) is 0.800. The Morgan fingerprint density at radius 3 is 1.61 bits per heavy atom. The fourth-order valence-corrected chi connectivity index (χ4v) is 2.45. The first-order valence-electron chi connectivity index (χ1n) is 6.14. The first-order valence-corrected chi connectivity index (χ1v) is 6.14. The van der Waals surface area contributed by atoms with Crippen LogP contribution in [0.4, 0.5) is 0 Å². The van der Waals surface area contributed by atoms with Crippen molar-refractivity contribution in [3.8, 4) is 0 Å². The Kier molecular flexibility index (Phi) is 2.74. The first kappa shape index (κ1) is 11.8. The van der Waals surface area contributed by atoms with Gasteiger partial charge in [0.15, 0.2) is 0 Å². The van der Waals surface area contributed by atoms with Crippen LogP contribution in [0.5, 0.6) is 0 Å². The van der Waals surface area contributed by atoms with Gasteiger partial charge >= 0.3 is 0 Å². The number of hydrogen-bond acceptors (Lipinski definition) is 6. The second kappa shape index (κ2) is 4.16. The summed E-state index contributed by atoms with van der Waals surface area (Å²) in [6.45, 7) is 1.32. The molecule has 0 aromatic carbocycles. The summed E-state index contributed by atoms with van der Waals surface area (Å²) in [5, 5.41) is 5.28. The third-order valence-electron chi connectivity index (χ3n) is 3.47. The van der Waals surface area contributed by atoms with E-state index in [0.29, 0.717) is 25.9 Å². The van der Waals surface area contributed by atoms with Crippen molar-refractivity contribution in [3.05, 3.63) is 0 Å². The van der Waals surface area contributed by atoms with E-state index in [9.17, 15) is 9.59 Å². The predicted octanol–water partition coefficient (Wildman–Crippen LogP) is -1.74. The number of rotatable bonds is 0. The molecule has 0 aromatic heterocycles. The highest BCUT2D eigenvalue weighted by Gasteiger charge is 2.57. The summed E-state index contributed by atoms with van der Waals surface area (Å²) in [6, 6.07) is 0. The van der Waals surface area contributed by atoms with E-state index in [2.05, 4.69) is 21.6 Å². The van der Waals surface area contributed by atoms with Gasteiger partial charge in [-0.05, 0) is 12.8 Å². The Labute approximate surface area is 104 Å². The molecule has 4 N–H and O–H groups in total. The summed E-state index contributed by atoms with van der Waals surface area (Å²) in [4.78, 5) is 34.9. The van der Waals surface area contributed by atoms with Gasteiger partial charge in [0.2, 0.25) is 11.4 Å². The summed E-state index contributed by atoms with van der Waals surface area (Å²) in [5.74, 6) is -0.754. The van der Waals surface area contributed by atoms with Crippen LogP contribution in [0.2, 0.25) is 0 Å². The predicted molar refractivity (Wildman–Crippen MR) is 58.4 cm³/mol. The van der Waals surface area contributed by atoms with Crippen molar-refractivity contribution in [2.75, 3.05) is 13.1 Å². The van der Waals surface area contributed by atoms with Crippen molar-refractivity contribution in [1.82, 2.24) is 21.6 Å². The van der Waals surface area contributed by atoms with Crippen LogP contribution in [0.25, 0.3) is 0 Å². The van der Waals surface area contributed by atoms with E-state index in [1.165, 1.54) is 0 Å². The first-order chi connectivity index (χ1) is 8.67. The van der Waals surface area contributed by atoms with Crippen molar-refractivity contribution in [2.24, 2.45) is 0 Å². The number of hydroxylamine groups is 2. The minimum atomic E-state index is -1.30. The second-order valence-electron chi connectivity index (χ2n) is 4.76. The summed E-state index contributed by atoms with van der Waals surface area (Å²) in [6.07, 6.45) is 2.39. The highest BCUT2D eigenvalue weighted by atomic mass is 16.7. The van der Waals surface area contributed by atoms with Gasteiger partial charge in [0, 0.05) is 25.9 Å². The molecule has 8 nitrogen and oxygen atoms in total. The summed E-state index contributed by atoms with van der Waals surface area (Å²) in [7, 11) is 0. The molecule has 0 unspecified atom stereocenters. The van der Waals surface area contributed by atoms with E-state index in [1.807, 2.05) is 0 Å². The fourth-order valence-electron chi connectivity index (χ4n) is 2.45. The lowest BCUT2D eigenvalue weighted by Gasteiger charge is -2.46. The highest BCUT2D eigenvalue weighted by Crippen LogP contribution is 2.28. The number of carbonyl (C=O) groups excluding carboxylic acids is 2. The lowest BCUT2D eigenvalue weighted by molar-refractivity contribution is -0.221. The maximum atomic E-state index is 12.2. The van der Waals surface area contributed by atoms with Gasteiger partial charge in [-0.3, -0.25) is 19.3 Å². The van der Waals surface area contributed by atoms with E-state index in [-0.39, 0.29) is 11.8 Å². The van der Waals surface area contributed by atoms with Crippen molar-refractivity contribution in [1.29, 1.82) is 0 Å². The van der Waals surface area contributed by atoms with Crippen LogP contribution in [0, 0.1) is 0 Å². The summed E-state index contributed by atoms with van der Waals surface area (Å²) >= 11 is 0. The maximum Gasteiger partial charge on any atom is 0.277 e. The van der Waals surface area contributed by atoms with Crippen molar-refractivity contribution < 1.29 is 19.3 Å². The zero-order valence-electron chi connectivity index (χ0n) is 9.88. The van der Waals surface area contributed by atoms with Crippen LogP contribution >= 0.6 is 0 Å². The van der Waals surface area contributed by atoms with Gasteiger partial charge in [0.25, 0.3) is 11.8 Å². The molecule has 2 atom stereocenters. The largest absolute Gasteiger partial charge is 0.315 e. The zero-order chi connectivity index (χ0) is 12.6. The minimum Gasteiger partial charge on any atom is -0.315 e. The third kappa shape index (κ3) is 1.69. The number of carbonyl (C=O) groups is 2. The zero-order valence-corrected chi connectivity index (χ0v) is 9.88. The Hall–Kier alpha value is -1.22. The minimum absolute atomic E-state index is 0.377. The van der Waals surface area contributed by atoms with Gasteiger partial charge in [-0.1, -0.05) is 0 Å². The molecule has 2 amide bonds. The van der Waals surface area contributed by atoms with Gasteiger partial charge in [0.1, 0.15) is 0 Å². The normalized spacial score (nSPS) is 40.7. The van der Waals surface area contributed by atoms with Crippen LogP contribution < -0.4 is 21.6 Å². The Morgan fingerprint density at radius 2 is 1.28 bits per heavy atom. The number of piperazine rings is 1. The molecule has 8 heteroatoms. The quantitative estimate of drug-likeness (QED) is 0.410. The van der Waals surface area contributed by atoms with Gasteiger partial charge in [-0.25, -0.2) is 0 Å². The lowest BCUT2D eigenvalue weighted by Crippen LogP contribution is -2.79. The van der Waals surface area contributed by atoms with Gasteiger partial charge in [-0.15, -0.1) is 0 Å². The molecule has 3 heterocycles. The van der Waals surface area contributed by atoms with E-state index in [1.54, 1.807) is 0 Å². The van der Waals surface area contributed by atoms with Crippen molar-refractivity contribution in [3.63, 3.8) is 0 Å². The molecule has 0 bridgehead atoms. The third-order valence-corrected chi connectivity index (χ3v) is 3.47. The molecule has 3 aliphatic rings. The van der Waals surface area contributed by atoms with Gasteiger partial charge in [0.05, 0.1) is 0 Å². The monoisotopic (exact) mass is 256 g/mol. The smallest absolute Gasteiger partial charge is 0.277 e. The number of hydrogen-bond donors (Lipinski definition) is 4. The molecule has 3 aliphatic heterocycles. The molecule has 100 valence electrons. The lowest BCUT2D eigenvalue weighted by atomic mass is 9.95. The Balaban J connectivity index is 1.82. The van der Waals surface area contributed by atoms with Crippen LogP contribution in [-0.2, 0) is 19.3 Å².